The molecule has 12 heteroatoms. The first-order valence-corrected chi connectivity index (χ1v) is 12.0. The number of hydrogen-bond donors (Lipinski definition) is 4. The van der Waals surface area contributed by atoms with Crippen molar-refractivity contribution in [3.8, 4) is 6.07 Å². The summed E-state index contributed by atoms with van der Waals surface area (Å²) in [5, 5.41) is 19.0. The van der Waals surface area contributed by atoms with Gasteiger partial charge in [0.05, 0.1) is 45.4 Å². The largest absolute Gasteiger partial charge is 0.373 e. The molecule has 0 radical (unpaired) electrons. The Kier molecular flexibility index (Phi) is 6.91. The minimum atomic E-state index is -1.22. The van der Waals surface area contributed by atoms with Crippen molar-refractivity contribution >= 4 is 39.6 Å². The molecule has 1 aliphatic rings. The highest BCUT2D eigenvalue weighted by atomic mass is 35.5. The maximum atomic E-state index is 13.8. The smallest absolute Gasteiger partial charge is 0.249 e. The van der Waals surface area contributed by atoms with Crippen molar-refractivity contribution in [2.24, 2.45) is 0 Å². The molecule has 0 spiro atoms. The molecule has 5 rings (SSSR count). The Bertz CT molecular complexity index is 1570. The second-order valence-corrected chi connectivity index (χ2v) is 9.23. The van der Waals surface area contributed by atoms with Crippen LogP contribution in [-0.2, 0) is 0 Å². The van der Waals surface area contributed by atoms with E-state index in [2.05, 4.69) is 56.5 Å². The molecule has 1 aromatic carbocycles. The molecule has 0 aliphatic carbocycles. The van der Waals surface area contributed by atoms with Crippen LogP contribution in [0.1, 0.15) is 31.0 Å². The Morgan fingerprint density at radius 1 is 1.11 bits per heavy atom. The zero-order valence-electron chi connectivity index (χ0n) is 20.3. The summed E-state index contributed by atoms with van der Waals surface area (Å²) in [4.78, 5) is 12.0. The van der Waals surface area contributed by atoms with Crippen molar-refractivity contribution in [3.05, 3.63) is 94.9 Å². The van der Waals surface area contributed by atoms with E-state index in [0.29, 0.717) is 27.3 Å². The van der Waals surface area contributed by atoms with Gasteiger partial charge in [0.2, 0.25) is 5.95 Å². The molecule has 0 saturated heterocycles. The van der Waals surface area contributed by atoms with Crippen LogP contribution in [0, 0.1) is 23.1 Å². The minimum absolute atomic E-state index is 0.163. The fourth-order valence-corrected chi connectivity index (χ4v) is 4.29. The van der Waals surface area contributed by atoms with Crippen LogP contribution in [0.3, 0.4) is 0 Å². The second-order valence-electron chi connectivity index (χ2n) is 8.82. The lowest BCUT2D eigenvalue weighted by molar-refractivity contribution is 0.221. The van der Waals surface area contributed by atoms with Gasteiger partial charge in [-0.2, -0.15) is 9.65 Å². The number of nitrogens with one attached hydrogen (secondary N) is 4. The molecule has 1 aliphatic heterocycles. The van der Waals surface area contributed by atoms with Gasteiger partial charge in [-0.15, -0.1) is 5.53 Å². The van der Waals surface area contributed by atoms with E-state index in [0.717, 1.165) is 23.5 Å². The highest BCUT2D eigenvalue weighted by Crippen LogP contribution is 2.36. The van der Waals surface area contributed by atoms with E-state index in [9.17, 15) is 14.0 Å². The van der Waals surface area contributed by atoms with Gasteiger partial charge < -0.3 is 16.1 Å². The third-order valence-electron chi connectivity index (χ3n) is 5.91. The average molecular weight is 534 g/mol. The second kappa shape index (κ2) is 10.5. The predicted molar refractivity (Wildman–Crippen MR) is 141 cm³/mol. The van der Waals surface area contributed by atoms with E-state index in [1.807, 2.05) is 23.3 Å². The van der Waals surface area contributed by atoms with E-state index >= 15 is 0 Å². The number of hydrazine groups is 2. The first-order chi connectivity index (χ1) is 18.3. The van der Waals surface area contributed by atoms with Gasteiger partial charge in [0.25, 0.3) is 0 Å². The number of pyridine rings is 3. The molecule has 1 atom stereocenters. The van der Waals surface area contributed by atoms with E-state index < -0.39 is 11.8 Å². The Balaban J connectivity index is 1.59. The molecule has 4 heterocycles. The molecule has 9 nitrogen and oxygen atoms in total. The van der Waals surface area contributed by atoms with Gasteiger partial charge in [-0.1, -0.05) is 17.7 Å². The molecule has 4 N–H and O–H groups in total. The molecule has 0 bridgehead atoms. The van der Waals surface area contributed by atoms with Gasteiger partial charge in [0, 0.05) is 48.0 Å². The van der Waals surface area contributed by atoms with Gasteiger partial charge in [-0.3, -0.25) is 15.0 Å². The van der Waals surface area contributed by atoms with E-state index in [-0.39, 0.29) is 23.3 Å². The van der Waals surface area contributed by atoms with Crippen LogP contribution < -0.4 is 21.6 Å². The lowest BCUT2D eigenvalue weighted by Gasteiger charge is -2.22. The van der Waals surface area contributed by atoms with Crippen molar-refractivity contribution in [1.82, 2.24) is 30.9 Å². The number of hydrogen-bond acceptors (Lipinski definition) is 9. The van der Waals surface area contributed by atoms with E-state index in [1.54, 1.807) is 24.5 Å². The van der Waals surface area contributed by atoms with Crippen molar-refractivity contribution in [2.75, 3.05) is 10.6 Å². The normalized spacial score (nSPS) is 13.7. The number of nitriles is 1. The van der Waals surface area contributed by atoms with Crippen molar-refractivity contribution in [2.45, 2.75) is 25.9 Å². The molecular weight excluding hydrogens is 512 g/mol. The van der Waals surface area contributed by atoms with E-state index in [1.165, 1.54) is 6.20 Å². The number of fused-ring (bicyclic) bond motifs is 1. The molecule has 4 aromatic rings. The molecule has 0 fully saturated rings. The van der Waals surface area contributed by atoms with Crippen LogP contribution >= 0.6 is 11.6 Å². The van der Waals surface area contributed by atoms with Gasteiger partial charge >= 0.3 is 0 Å². The number of nitrogens with zero attached hydrogens (tertiary/aromatic N) is 5. The molecule has 192 valence electrons. The first kappa shape index (κ1) is 25.1. The highest BCUT2D eigenvalue weighted by molar-refractivity contribution is 6.36. The summed E-state index contributed by atoms with van der Waals surface area (Å²) in [5.41, 5.74) is 9.82. The monoisotopic (exact) mass is 533 g/mol. The number of benzene rings is 1. The van der Waals surface area contributed by atoms with Crippen LogP contribution in [0.15, 0.2) is 67.0 Å². The molecule has 0 amide bonds. The first-order valence-electron chi connectivity index (χ1n) is 11.6. The third kappa shape index (κ3) is 5.00. The number of anilines is 3. The Morgan fingerprint density at radius 3 is 2.63 bits per heavy atom. The quantitative estimate of drug-likeness (QED) is 0.235. The fourth-order valence-electron chi connectivity index (χ4n) is 4.02. The molecule has 0 saturated carbocycles. The molecule has 3 aromatic heterocycles. The SMILES string of the molecule is CC(C)N1C=C(C(Nc2cc(Cl)c3ncc(C#N)c(Nc4cnc(F)c(F)c4)c3c2)c2cccnc2)NN1. The maximum Gasteiger partial charge on any atom is 0.249 e. The van der Waals surface area contributed by atoms with Gasteiger partial charge in [-0.25, -0.2) is 9.37 Å². The van der Waals surface area contributed by atoms with Gasteiger partial charge in [0.15, 0.2) is 5.82 Å². The number of rotatable bonds is 7. The Labute approximate surface area is 222 Å². The van der Waals surface area contributed by atoms with Crippen LogP contribution in [0.4, 0.5) is 25.8 Å². The Morgan fingerprint density at radius 2 is 1.95 bits per heavy atom. The summed E-state index contributed by atoms with van der Waals surface area (Å²) in [7, 11) is 0. The zero-order chi connectivity index (χ0) is 26.8. The minimum Gasteiger partial charge on any atom is -0.373 e. The highest BCUT2D eigenvalue weighted by Gasteiger charge is 2.24. The Hall–Kier alpha value is -4.53. The van der Waals surface area contributed by atoms with Crippen LogP contribution in [0.25, 0.3) is 10.9 Å². The third-order valence-corrected chi connectivity index (χ3v) is 6.20. The molecular formula is C26H22ClF2N9. The summed E-state index contributed by atoms with van der Waals surface area (Å²) in [6.45, 7) is 4.11. The summed E-state index contributed by atoms with van der Waals surface area (Å²) in [6, 6.07) is 10.2. The number of halogens is 3. The van der Waals surface area contributed by atoms with Crippen molar-refractivity contribution in [3.63, 3.8) is 0 Å². The zero-order valence-corrected chi connectivity index (χ0v) is 21.1. The summed E-state index contributed by atoms with van der Waals surface area (Å²) < 4.78 is 27.2. The van der Waals surface area contributed by atoms with Crippen LogP contribution in [0.5, 0.6) is 0 Å². The summed E-state index contributed by atoms with van der Waals surface area (Å²) in [6.07, 6.45) is 7.94. The van der Waals surface area contributed by atoms with Crippen molar-refractivity contribution < 1.29 is 8.78 Å². The fraction of sp³-hybridized carbons (Fsp3) is 0.154. The summed E-state index contributed by atoms with van der Waals surface area (Å²) >= 11 is 6.63. The lowest BCUT2D eigenvalue weighted by atomic mass is 10.0. The standard InChI is InChI=1S/C26H22ClF2N9/c1-14(2)38-13-22(36-37-38)24(15-4-3-5-31-10-15)34-17-6-19-23(35-18-8-21(28)26(29)33-12-18)16(9-30)11-32-25(19)20(27)7-17/h3-8,10-14,24,34,36-37H,1-2H3,(H,32,35). The van der Waals surface area contributed by atoms with Crippen LogP contribution in [-0.4, -0.2) is 26.0 Å². The van der Waals surface area contributed by atoms with Crippen LogP contribution in [0.2, 0.25) is 5.02 Å². The molecule has 1 unspecified atom stereocenters. The van der Waals surface area contributed by atoms with Gasteiger partial charge in [0.1, 0.15) is 6.07 Å². The maximum absolute atomic E-state index is 13.8. The molecule has 38 heavy (non-hydrogen) atoms. The van der Waals surface area contributed by atoms with Gasteiger partial charge in [-0.05, 0) is 37.6 Å². The lowest BCUT2D eigenvalue weighted by Crippen LogP contribution is -2.41. The van der Waals surface area contributed by atoms with E-state index in [4.69, 9.17) is 11.6 Å². The predicted octanol–water partition coefficient (Wildman–Crippen LogP) is 5.30. The number of aromatic nitrogens is 3. The average Bonchev–Trinajstić information content (AvgIpc) is 3.41. The summed E-state index contributed by atoms with van der Waals surface area (Å²) in [5.74, 6) is -2.33. The topological polar surface area (TPSA) is 114 Å². The van der Waals surface area contributed by atoms with Crippen molar-refractivity contribution in [1.29, 1.82) is 5.26 Å².